The van der Waals surface area contributed by atoms with Crippen LogP contribution in [0.3, 0.4) is 0 Å². The molecule has 0 heterocycles. The second-order valence-electron chi connectivity index (χ2n) is 1.65. The molecule has 62 valence electrons. The van der Waals surface area contributed by atoms with Gasteiger partial charge in [-0.15, -0.1) is 0 Å². The number of carboxylic acids is 1. The number of methoxy groups -OCH3 is 1. The monoisotopic (exact) mass is 159 g/mol. The van der Waals surface area contributed by atoms with Gasteiger partial charge in [-0.3, -0.25) is 4.79 Å². The van der Waals surface area contributed by atoms with Crippen molar-refractivity contribution in [2.24, 2.45) is 0 Å². The molecular weight excluding hydrogens is 150 g/mol. The van der Waals surface area contributed by atoms with Gasteiger partial charge in [0.05, 0.1) is 0 Å². The number of aliphatic carboxylic acids is 1. The molecule has 0 aromatic heterocycles. The predicted molar refractivity (Wildman–Crippen MR) is 36.8 cm³/mol. The van der Waals surface area contributed by atoms with E-state index in [9.17, 15) is 9.59 Å². The van der Waals surface area contributed by atoms with Crippen molar-refractivity contribution in [1.29, 1.82) is 0 Å². The van der Waals surface area contributed by atoms with Crippen LogP contribution in [0.2, 0.25) is 0 Å². The molecule has 0 atom stereocenters. The molecule has 5 heteroatoms. The Hall–Kier alpha value is -1.36. The van der Waals surface area contributed by atoms with Gasteiger partial charge in [0.2, 0.25) is 5.91 Å². The standard InChI is InChI=1S/C6H9NO4/c1-11-4-7-5(8)2-3-6(9)10/h2-3H,4H2,1H3,(H,7,8)(H,9,10)/b3-2+. The summed E-state index contributed by atoms with van der Waals surface area (Å²) in [4.78, 5) is 20.4. The number of amides is 1. The van der Waals surface area contributed by atoms with Crippen LogP contribution in [0.1, 0.15) is 0 Å². The number of hydrogen-bond acceptors (Lipinski definition) is 3. The van der Waals surface area contributed by atoms with Gasteiger partial charge in [0.1, 0.15) is 6.73 Å². The number of carboxylic acid groups (broad SMARTS) is 1. The van der Waals surface area contributed by atoms with Gasteiger partial charge in [0, 0.05) is 19.3 Å². The summed E-state index contributed by atoms with van der Waals surface area (Å²) >= 11 is 0. The molecule has 0 fully saturated rings. The minimum atomic E-state index is -1.16. The van der Waals surface area contributed by atoms with E-state index in [2.05, 4.69) is 10.1 Å². The van der Waals surface area contributed by atoms with Crippen molar-refractivity contribution in [2.45, 2.75) is 0 Å². The quantitative estimate of drug-likeness (QED) is 0.422. The highest BCUT2D eigenvalue weighted by Crippen LogP contribution is 1.73. The van der Waals surface area contributed by atoms with Crippen LogP contribution in [0.15, 0.2) is 12.2 Å². The van der Waals surface area contributed by atoms with Gasteiger partial charge in [-0.2, -0.15) is 0 Å². The Balaban J connectivity index is 3.60. The third-order valence-corrected chi connectivity index (χ3v) is 0.768. The highest BCUT2D eigenvalue weighted by molar-refractivity contribution is 5.93. The molecule has 11 heavy (non-hydrogen) atoms. The highest BCUT2D eigenvalue weighted by atomic mass is 16.5. The van der Waals surface area contributed by atoms with Crippen LogP contribution >= 0.6 is 0 Å². The van der Waals surface area contributed by atoms with Crippen molar-refractivity contribution in [1.82, 2.24) is 5.32 Å². The minimum Gasteiger partial charge on any atom is -0.478 e. The van der Waals surface area contributed by atoms with Gasteiger partial charge in [0.15, 0.2) is 0 Å². The van der Waals surface area contributed by atoms with Crippen LogP contribution in [0.5, 0.6) is 0 Å². The fraction of sp³-hybridized carbons (Fsp3) is 0.333. The Morgan fingerprint density at radius 2 is 2.18 bits per heavy atom. The molecule has 0 saturated heterocycles. The lowest BCUT2D eigenvalue weighted by Gasteiger charge is -1.96. The zero-order valence-corrected chi connectivity index (χ0v) is 6.03. The predicted octanol–water partition coefficient (Wildman–Crippen LogP) is -0.653. The van der Waals surface area contributed by atoms with Gasteiger partial charge in [-0.25, -0.2) is 4.79 Å². The Morgan fingerprint density at radius 3 is 2.64 bits per heavy atom. The molecule has 0 aliphatic heterocycles. The summed E-state index contributed by atoms with van der Waals surface area (Å²) in [6.45, 7) is 0.0722. The van der Waals surface area contributed by atoms with E-state index in [0.29, 0.717) is 0 Å². The smallest absolute Gasteiger partial charge is 0.328 e. The molecule has 0 aliphatic rings. The van der Waals surface area contributed by atoms with Crippen LogP contribution in [-0.4, -0.2) is 30.8 Å². The van der Waals surface area contributed by atoms with Crippen molar-refractivity contribution in [3.8, 4) is 0 Å². The van der Waals surface area contributed by atoms with E-state index in [4.69, 9.17) is 5.11 Å². The lowest BCUT2D eigenvalue weighted by atomic mass is 10.5. The molecule has 0 aromatic carbocycles. The molecule has 0 aromatic rings. The first kappa shape index (κ1) is 9.64. The number of carbonyl (C=O) groups is 2. The SMILES string of the molecule is COCNC(=O)/C=C/C(=O)O. The second kappa shape index (κ2) is 5.43. The minimum absolute atomic E-state index is 0.0722. The Labute approximate surface area is 63.7 Å². The van der Waals surface area contributed by atoms with E-state index in [0.717, 1.165) is 12.2 Å². The largest absolute Gasteiger partial charge is 0.478 e. The fourth-order valence-corrected chi connectivity index (χ4v) is 0.349. The Kier molecular flexibility index (Phi) is 4.76. The van der Waals surface area contributed by atoms with Gasteiger partial charge in [0.25, 0.3) is 0 Å². The summed E-state index contributed by atoms with van der Waals surface area (Å²) in [5.41, 5.74) is 0. The summed E-state index contributed by atoms with van der Waals surface area (Å²) in [5.74, 6) is -1.65. The van der Waals surface area contributed by atoms with Gasteiger partial charge in [-0.1, -0.05) is 0 Å². The maximum atomic E-state index is 10.6. The third-order valence-electron chi connectivity index (χ3n) is 0.768. The van der Waals surface area contributed by atoms with Gasteiger partial charge >= 0.3 is 5.97 Å². The molecule has 0 radical (unpaired) electrons. The van der Waals surface area contributed by atoms with Crippen LogP contribution in [0.4, 0.5) is 0 Å². The molecule has 1 amide bonds. The first-order valence-electron chi connectivity index (χ1n) is 2.84. The second-order valence-corrected chi connectivity index (χ2v) is 1.65. The molecular formula is C6H9NO4. The van der Waals surface area contributed by atoms with Crippen LogP contribution < -0.4 is 5.32 Å². The number of hydrogen-bond donors (Lipinski definition) is 2. The van der Waals surface area contributed by atoms with E-state index in [1.165, 1.54) is 7.11 Å². The maximum Gasteiger partial charge on any atom is 0.328 e. The van der Waals surface area contributed by atoms with Crippen LogP contribution in [0, 0.1) is 0 Å². The molecule has 0 rings (SSSR count). The first-order valence-corrected chi connectivity index (χ1v) is 2.84. The molecule has 0 bridgehead atoms. The number of nitrogens with one attached hydrogen (secondary N) is 1. The number of ether oxygens (including phenoxy) is 1. The zero-order chi connectivity index (χ0) is 8.69. The van der Waals surface area contributed by atoms with E-state index < -0.39 is 11.9 Å². The lowest BCUT2D eigenvalue weighted by Crippen LogP contribution is -2.23. The first-order chi connectivity index (χ1) is 5.16. The maximum absolute atomic E-state index is 10.6. The van der Waals surface area contributed by atoms with Crippen molar-refractivity contribution in [2.75, 3.05) is 13.8 Å². The van der Waals surface area contributed by atoms with Gasteiger partial charge < -0.3 is 15.2 Å². The highest BCUT2D eigenvalue weighted by Gasteiger charge is 1.93. The van der Waals surface area contributed by atoms with Crippen LogP contribution in [-0.2, 0) is 14.3 Å². The molecule has 0 saturated carbocycles. The van der Waals surface area contributed by atoms with Crippen molar-refractivity contribution < 1.29 is 19.4 Å². The molecule has 0 spiro atoms. The summed E-state index contributed by atoms with van der Waals surface area (Å²) < 4.78 is 4.51. The van der Waals surface area contributed by atoms with Crippen molar-refractivity contribution >= 4 is 11.9 Å². The van der Waals surface area contributed by atoms with E-state index in [-0.39, 0.29) is 6.73 Å². The molecule has 0 aliphatic carbocycles. The average molecular weight is 159 g/mol. The summed E-state index contributed by atoms with van der Waals surface area (Å²) in [6.07, 6.45) is 1.67. The van der Waals surface area contributed by atoms with E-state index >= 15 is 0 Å². The normalized spacial score (nSPS) is 9.91. The fourth-order valence-electron chi connectivity index (χ4n) is 0.349. The van der Waals surface area contributed by atoms with Crippen molar-refractivity contribution in [3.05, 3.63) is 12.2 Å². The van der Waals surface area contributed by atoms with E-state index in [1.54, 1.807) is 0 Å². The summed E-state index contributed by atoms with van der Waals surface area (Å²) in [6, 6.07) is 0. The topological polar surface area (TPSA) is 75.6 Å². The zero-order valence-electron chi connectivity index (χ0n) is 6.03. The molecule has 0 unspecified atom stereocenters. The Bertz CT molecular complexity index is 175. The third kappa shape index (κ3) is 6.53. The number of carbonyl (C=O) groups excluding carboxylic acids is 1. The van der Waals surface area contributed by atoms with E-state index in [1.807, 2.05) is 0 Å². The lowest BCUT2D eigenvalue weighted by molar-refractivity contribution is -0.131. The molecule has 5 nitrogen and oxygen atoms in total. The van der Waals surface area contributed by atoms with Gasteiger partial charge in [-0.05, 0) is 0 Å². The average Bonchev–Trinajstić information content (AvgIpc) is 1.97. The Morgan fingerprint density at radius 1 is 1.55 bits per heavy atom. The molecule has 2 N–H and O–H groups in total. The van der Waals surface area contributed by atoms with Crippen LogP contribution in [0.25, 0.3) is 0 Å². The number of rotatable bonds is 4. The summed E-state index contributed by atoms with van der Waals surface area (Å²) in [7, 11) is 1.42. The van der Waals surface area contributed by atoms with Crippen molar-refractivity contribution in [3.63, 3.8) is 0 Å². The summed E-state index contributed by atoms with van der Waals surface area (Å²) in [5, 5.41) is 10.4.